The summed E-state index contributed by atoms with van der Waals surface area (Å²) in [6.45, 7) is 19.7. The standard InChI is InChI=1S/C27H48O4Si/c1-9-10-11-19(2)18-21(31-32(7,8)26(4,5)6)12-13-22-24(28)15-14-23-25(22)20(3)27(23)29-16-17-30-27/h19-25,28H,9-11,14-18H2,1-8H3/t19?,20?,21-,22-,23-,24+,25+/m1/s1. The number of ether oxygens (including phenoxy) is 2. The highest BCUT2D eigenvalue weighted by atomic mass is 28.4. The number of rotatable bonds is 7. The van der Waals surface area contributed by atoms with Gasteiger partial charge >= 0.3 is 0 Å². The molecule has 2 saturated carbocycles. The van der Waals surface area contributed by atoms with Gasteiger partial charge in [0.25, 0.3) is 0 Å². The summed E-state index contributed by atoms with van der Waals surface area (Å²) in [5, 5.41) is 11.1. The Morgan fingerprint density at radius 1 is 1.19 bits per heavy atom. The third kappa shape index (κ3) is 5.15. The van der Waals surface area contributed by atoms with Crippen LogP contribution in [0.15, 0.2) is 0 Å². The van der Waals surface area contributed by atoms with E-state index in [0.717, 1.165) is 19.3 Å². The number of unbranched alkanes of at least 4 members (excludes halogenated alkanes) is 1. The molecule has 1 spiro atoms. The zero-order valence-electron chi connectivity index (χ0n) is 21.9. The van der Waals surface area contributed by atoms with Crippen molar-refractivity contribution < 1.29 is 19.0 Å². The van der Waals surface area contributed by atoms with E-state index in [-0.39, 0.29) is 29.1 Å². The van der Waals surface area contributed by atoms with Gasteiger partial charge in [0.1, 0.15) is 6.10 Å². The van der Waals surface area contributed by atoms with Gasteiger partial charge in [-0.2, -0.15) is 0 Å². The highest BCUT2D eigenvalue weighted by molar-refractivity contribution is 6.74. The van der Waals surface area contributed by atoms with E-state index in [9.17, 15) is 5.11 Å². The first-order valence-corrected chi connectivity index (χ1v) is 16.0. The molecule has 0 aromatic rings. The van der Waals surface area contributed by atoms with Crippen LogP contribution in [0.4, 0.5) is 0 Å². The number of fused-ring (bicyclic) bond motifs is 2. The lowest BCUT2D eigenvalue weighted by Crippen LogP contribution is -2.67. The molecule has 2 aliphatic carbocycles. The fourth-order valence-electron chi connectivity index (χ4n) is 5.85. The maximum atomic E-state index is 10.9. The van der Waals surface area contributed by atoms with E-state index in [1.165, 1.54) is 19.3 Å². The van der Waals surface area contributed by atoms with Crippen LogP contribution in [0.25, 0.3) is 0 Å². The van der Waals surface area contributed by atoms with Gasteiger partial charge in [-0.1, -0.05) is 72.6 Å². The van der Waals surface area contributed by atoms with Gasteiger partial charge in [0.05, 0.1) is 25.2 Å². The number of hydrogen-bond acceptors (Lipinski definition) is 4. The van der Waals surface area contributed by atoms with Gasteiger partial charge in [-0.15, -0.1) is 0 Å². The summed E-state index contributed by atoms with van der Waals surface area (Å²) < 4.78 is 19.0. The van der Waals surface area contributed by atoms with Crippen LogP contribution < -0.4 is 0 Å². The van der Waals surface area contributed by atoms with E-state index >= 15 is 0 Å². The topological polar surface area (TPSA) is 47.9 Å². The molecule has 0 aromatic heterocycles. The molecule has 1 saturated heterocycles. The monoisotopic (exact) mass is 464 g/mol. The van der Waals surface area contributed by atoms with Crippen LogP contribution in [-0.4, -0.2) is 44.6 Å². The summed E-state index contributed by atoms with van der Waals surface area (Å²) in [5.41, 5.74) is 0. The Kier molecular flexibility index (Phi) is 8.26. The number of aliphatic hydroxyl groups excluding tert-OH is 1. The molecule has 0 bridgehead atoms. The minimum absolute atomic E-state index is 0.0151. The fourth-order valence-corrected chi connectivity index (χ4v) is 7.07. The van der Waals surface area contributed by atoms with E-state index < -0.39 is 14.1 Å². The second-order valence-electron chi connectivity index (χ2n) is 12.2. The summed E-state index contributed by atoms with van der Waals surface area (Å²) in [4.78, 5) is 0. The van der Waals surface area contributed by atoms with Gasteiger partial charge in [-0.3, -0.25) is 0 Å². The molecule has 7 atom stereocenters. The smallest absolute Gasteiger partial charge is 0.193 e. The van der Waals surface area contributed by atoms with Crippen molar-refractivity contribution >= 4 is 8.32 Å². The van der Waals surface area contributed by atoms with Crippen molar-refractivity contribution in [2.24, 2.45) is 29.6 Å². The predicted octanol–water partition coefficient (Wildman–Crippen LogP) is 5.99. The largest absolute Gasteiger partial charge is 0.403 e. The Hall–Kier alpha value is -0.383. The zero-order valence-corrected chi connectivity index (χ0v) is 22.9. The summed E-state index contributed by atoms with van der Waals surface area (Å²) in [6, 6.07) is 0. The maximum absolute atomic E-state index is 10.9. The molecule has 5 heteroatoms. The van der Waals surface area contributed by atoms with Crippen molar-refractivity contribution in [3.8, 4) is 11.8 Å². The van der Waals surface area contributed by atoms with E-state index in [1.807, 2.05) is 0 Å². The average molecular weight is 465 g/mol. The summed E-state index contributed by atoms with van der Waals surface area (Å²) in [7, 11) is -1.93. The Balaban J connectivity index is 1.78. The third-order valence-electron chi connectivity index (χ3n) is 8.86. The molecule has 3 aliphatic rings. The van der Waals surface area contributed by atoms with Crippen molar-refractivity contribution in [1.82, 2.24) is 0 Å². The molecule has 32 heavy (non-hydrogen) atoms. The second kappa shape index (κ2) is 10.1. The van der Waals surface area contributed by atoms with Crippen LogP contribution in [0.3, 0.4) is 0 Å². The van der Waals surface area contributed by atoms with Crippen molar-refractivity contribution in [3.05, 3.63) is 0 Å². The lowest BCUT2D eigenvalue weighted by molar-refractivity contribution is -0.334. The summed E-state index contributed by atoms with van der Waals surface area (Å²) >= 11 is 0. The van der Waals surface area contributed by atoms with E-state index in [1.54, 1.807) is 0 Å². The number of hydrogen-bond donors (Lipinski definition) is 1. The summed E-state index contributed by atoms with van der Waals surface area (Å²) in [6.07, 6.45) is 6.00. The molecule has 1 heterocycles. The minimum Gasteiger partial charge on any atom is -0.403 e. The fraction of sp³-hybridized carbons (Fsp3) is 0.926. The minimum atomic E-state index is -1.93. The Bertz CT molecular complexity index is 682. The molecule has 2 unspecified atom stereocenters. The van der Waals surface area contributed by atoms with Crippen molar-refractivity contribution in [2.75, 3.05) is 13.2 Å². The van der Waals surface area contributed by atoms with Crippen LogP contribution in [0.2, 0.25) is 18.1 Å². The van der Waals surface area contributed by atoms with Gasteiger partial charge in [0.15, 0.2) is 14.1 Å². The average Bonchev–Trinajstić information content (AvgIpc) is 3.22. The van der Waals surface area contributed by atoms with Crippen molar-refractivity contribution in [3.63, 3.8) is 0 Å². The maximum Gasteiger partial charge on any atom is 0.193 e. The van der Waals surface area contributed by atoms with Crippen LogP contribution in [-0.2, 0) is 13.9 Å². The first kappa shape index (κ1) is 26.2. The Morgan fingerprint density at radius 2 is 1.84 bits per heavy atom. The van der Waals surface area contributed by atoms with E-state index in [0.29, 0.717) is 31.0 Å². The molecular weight excluding hydrogens is 416 g/mol. The zero-order chi connectivity index (χ0) is 23.7. The molecule has 1 N–H and O–H groups in total. The van der Waals surface area contributed by atoms with E-state index in [4.69, 9.17) is 13.9 Å². The second-order valence-corrected chi connectivity index (χ2v) is 17.0. The Morgan fingerprint density at radius 3 is 2.44 bits per heavy atom. The number of aliphatic hydroxyl groups is 1. The summed E-state index contributed by atoms with van der Waals surface area (Å²) in [5.74, 6) is 8.25. The third-order valence-corrected chi connectivity index (χ3v) is 13.3. The normalized spacial score (nSPS) is 33.7. The molecule has 3 fully saturated rings. The van der Waals surface area contributed by atoms with Crippen molar-refractivity contribution in [1.29, 1.82) is 0 Å². The lowest BCUT2D eigenvalue weighted by atomic mass is 9.50. The van der Waals surface area contributed by atoms with Crippen molar-refractivity contribution in [2.45, 2.75) is 116 Å². The van der Waals surface area contributed by atoms with Gasteiger partial charge in [-0.05, 0) is 49.2 Å². The van der Waals surface area contributed by atoms with Crippen LogP contribution in [0.1, 0.15) is 80.1 Å². The molecular formula is C27H48O4Si. The molecule has 0 radical (unpaired) electrons. The van der Waals surface area contributed by atoms with Gasteiger partial charge in [-0.25, -0.2) is 0 Å². The van der Waals surface area contributed by atoms with E-state index in [2.05, 4.69) is 66.5 Å². The van der Waals surface area contributed by atoms with Gasteiger partial charge < -0.3 is 19.0 Å². The first-order chi connectivity index (χ1) is 14.9. The van der Waals surface area contributed by atoms with Crippen LogP contribution >= 0.6 is 0 Å². The molecule has 1 aliphatic heterocycles. The first-order valence-electron chi connectivity index (χ1n) is 13.1. The quantitative estimate of drug-likeness (QED) is 0.371. The molecule has 184 valence electrons. The van der Waals surface area contributed by atoms with Crippen LogP contribution in [0.5, 0.6) is 0 Å². The molecule has 4 nitrogen and oxygen atoms in total. The molecule has 0 aromatic carbocycles. The molecule has 3 rings (SSSR count). The SMILES string of the molecule is CCCCC(C)C[C@@H](C#C[C@H]1[C@@H]2C(C)C3(OCCO3)[C@@H]2CC[C@@H]1O)O[Si](C)(C)C(C)(C)C. The lowest BCUT2D eigenvalue weighted by Gasteiger charge is -2.61. The van der Waals surface area contributed by atoms with Gasteiger partial charge in [0.2, 0.25) is 0 Å². The van der Waals surface area contributed by atoms with Gasteiger partial charge in [0, 0.05) is 11.8 Å². The highest BCUT2D eigenvalue weighted by Gasteiger charge is 2.67. The molecule has 0 amide bonds. The van der Waals surface area contributed by atoms with Crippen LogP contribution in [0, 0.1) is 41.4 Å². The Labute approximate surface area is 198 Å². The predicted molar refractivity (Wildman–Crippen MR) is 133 cm³/mol. The highest BCUT2D eigenvalue weighted by Crippen LogP contribution is 2.61.